The average molecular weight is 226 g/mol. The summed E-state index contributed by atoms with van der Waals surface area (Å²) in [6.07, 6.45) is 5.59. The van der Waals surface area contributed by atoms with Crippen LogP contribution in [0.3, 0.4) is 0 Å². The van der Waals surface area contributed by atoms with Gasteiger partial charge in [0.1, 0.15) is 0 Å². The fraction of sp³-hybridized carbons (Fsp3) is 0.923. The topological polar surface area (TPSA) is 55.1 Å². The molecule has 1 aliphatic rings. The van der Waals surface area contributed by atoms with Crippen molar-refractivity contribution < 1.29 is 4.79 Å². The second-order valence-corrected chi connectivity index (χ2v) is 5.53. The highest BCUT2D eigenvalue weighted by Gasteiger charge is 2.26. The Morgan fingerprint density at radius 2 is 2.06 bits per heavy atom. The molecule has 2 atom stereocenters. The average Bonchev–Trinajstić information content (AvgIpc) is 2.99. The first-order valence-electron chi connectivity index (χ1n) is 6.58. The van der Waals surface area contributed by atoms with E-state index in [1.54, 1.807) is 0 Å². The van der Waals surface area contributed by atoms with Gasteiger partial charge in [-0.2, -0.15) is 0 Å². The van der Waals surface area contributed by atoms with Gasteiger partial charge in [-0.3, -0.25) is 4.79 Å². The molecule has 1 unspecified atom stereocenters. The fourth-order valence-corrected chi connectivity index (χ4v) is 2.01. The Morgan fingerprint density at radius 3 is 2.50 bits per heavy atom. The van der Waals surface area contributed by atoms with Gasteiger partial charge >= 0.3 is 0 Å². The van der Waals surface area contributed by atoms with Gasteiger partial charge in [-0.1, -0.05) is 33.6 Å². The van der Waals surface area contributed by atoms with Crippen molar-refractivity contribution in [2.45, 2.75) is 65.0 Å². The summed E-state index contributed by atoms with van der Waals surface area (Å²) in [4.78, 5) is 11.8. The lowest BCUT2D eigenvalue weighted by Crippen LogP contribution is -2.45. The van der Waals surface area contributed by atoms with E-state index in [1.165, 1.54) is 12.8 Å². The van der Waals surface area contributed by atoms with Crippen LogP contribution >= 0.6 is 0 Å². The van der Waals surface area contributed by atoms with Crippen LogP contribution in [0.4, 0.5) is 0 Å². The quantitative estimate of drug-likeness (QED) is 0.698. The van der Waals surface area contributed by atoms with E-state index < -0.39 is 0 Å². The fourth-order valence-electron chi connectivity index (χ4n) is 2.01. The Morgan fingerprint density at radius 1 is 1.44 bits per heavy atom. The second kappa shape index (κ2) is 6.24. The van der Waals surface area contributed by atoms with E-state index in [2.05, 4.69) is 26.1 Å². The number of nitrogens with one attached hydrogen (secondary N) is 1. The van der Waals surface area contributed by atoms with Crippen LogP contribution in [0.25, 0.3) is 0 Å². The number of hydrogen-bond acceptors (Lipinski definition) is 2. The molecule has 0 spiro atoms. The van der Waals surface area contributed by atoms with Crippen LogP contribution in [0.15, 0.2) is 0 Å². The van der Waals surface area contributed by atoms with Gasteiger partial charge in [-0.05, 0) is 31.1 Å². The molecule has 0 bridgehead atoms. The van der Waals surface area contributed by atoms with E-state index >= 15 is 0 Å². The van der Waals surface area contributed by atoms with E-state index in [1.807, 2.05) is 0 Å². The molecular formula is C13H26N2O. The molecular weight excluding hydrogens is 200 g/mol. The maximum Gasteiger partial charge on any atom is 0.237 e. The number of rotatable bonds is 7. The minimum atomic E-state index is -0.340. The zero-order valence-corrected chi connectivity index (χ0v) is 10.8. The molecule has 16 heavy (non-hydrogen) atoms. The molecule has 3 heteroatoms. The van der Waals surface area contributed by atoms with Gasteiger partial charge in [0.2, 0.25) is 5.91 Å². The van der Waals surface area contributed by atoms with Crippen molar-refractivity contribution in [2.75, 3.05) is 0 Å². The van der Waals surface area contributed by atoms with Gasteiger partial charge in [-0.15, -0.1) is 0 Å². The molecule has 0 heterocycles. The van der Waals surface area contributed by atoms with E-state index in [4.69, 9.17) is 5.73 Å². The molecule has 3 nitrogen and oxygen atoms in total. The summed E-state index contributed by atoms with van der Waals surface area (Å²) in [5.41, 5.74) is 5.86. The van der Waals surface area contributed by atoms with Crippen molar-refractivity contribution in [3.05, 3.63) is 0 Å². The Labute approximate surface area is 99.2 Å². The van der Waals surface area contributed by atoms with Crippen molar-refractivity contribution in [1.29, 1.82) is 0 Å². The molecule has 94 valence electrons. The van der Waals surface area contributed by atoms with Crippen LogP contribution in [0.2, 0.25) is 0 Å². The van der Waals surface area contributed by atoms with Gasteiger partial charge < -0.3 is 11.1 Å². The summed E-state index contributed by atoms with van der Waals surface area (Å²) in [5.74, 6) is 1.36. The van der Waals surface area contributed by atoms with E-state index in [0.717, 1.165) is 25.2 Å². The Balaban J connectivity index is 2.28. The molecule has 1 fully saturated rings. The van der Waals surface area contributed by atoms with Gasteiger partial charge in [-0.25, -0.2) is 0 Å². The maximum absolute atomic E-state index is 11.8. The number of nitrogens with two attached hydrogens (primary N) is 1. The van der Waals surface area contributed by atoms with Crippen molar-refractivity contribution >= 4 is 5.91 Å². The third-order valence-corrected chi connectivity index (χ3v) is 3.22. The minimum Gasteiger partial charge on any atom is -0.352 e. The summed E-state index contributed by atoms with van der Waals surface area (Å²) in [7, 11) is 0. The molecule has 0 aliphatic heterocycles. The number of amides is 1. The summed E-state index contributed by atoms with van der Waals surface area (Å²) in [6.45, 7) is 6.31. The molecule has 0 radical (unpaired) electrons. The lowest BCUT2D eigenvalue weighted by Gasteiger charge is -2.20. The smallest absolute Gasteiger partial charge is 0.237 e. The maximum atomic E-state index is 11.8. The highest BCUT2D eigenvalue weighted by atomic mass is 16.2. The van der Waals surface area contributed by atoms with Crippen LogP contribution in [-0.2, 0) is 4.79 Å². The second-order valence-electron chi connectivity index (χ2n) is 5.53. The zero-order valence-electron chi connectivity index (χ0n) is 10.8. The SMILES string of the molecule is CCC(CC1CC1)NC(=O)[C@@H](N)CC(C)C. The summed E-state index contributed by atoms with van der Waals surface area (Å²) in [6, 6.07) is -0.00790. The van der Waals surface area contributed by atoms with Crippen LogP contribution in [0.1, 0.15) is 52.9 Å². The van der Waals surface area contributed by atoms with Crippen molar-refractivity contribution in [1.82, 2.24) is 5.32 Å². The van der Waals surface area contributed by atoms with Gasteiger partial charge in [0.15, 0.2) is 0 Å². The molecule has 1 aliphatic carbocycles. The Hall–Kier alpha value is -0.570. The van der Waals surface area contributed by atoms with Gasteiger partial charge in [0.25, 0.3) is 0 Å². The lowest BCUT2D eigenvalue weighted by molar-refractivity contribution is -0.123. The predicted octanol–water partition coefficient (Wildman–Crippen LogP) is 2.05. The first kappa shape index (κ1) is 13.5. The minimum absolute atomic E-state index is 0.0289. The first-order chi connectivity index (χ1) is 7.52. The molecule has 3 N–H and O–H groups in total. The summed E-state index contributed by atoms with van der Waals surface area (Å²) >= 11 is 0. The Kier molecular flexibility index (Phi) is 5.26. The van der Waals surface area contributed by atoms with Crippen molar-refractivity contribution in [3.8, 4) is 0 Å². The third-order valence-electron chi connectivity index (χ3n) is 3.22. The number of hydrogen-bond donors (Lipinski definition) is 2. The largest absolute Gasteiger partial charge is 0.352 e. The van der Waals surface area contributed by atoms with Crippen LogP contribution in [0.5, 0.6) is 0 Å². The lowest BCUT2D eigenvalue weighted by atomic mass is 10.0. The molecule has 0 aromatic rings. The monoisotopic (exact) mass is 226 g/mol. The summed E-state index contributed by atoms with van der Waals surface area (Å²) < 4.78 is 0. The van der Waals surface area contributed by atoms with Crippen LogP contribution < -0.4 is 11.1 Å². The first-order valence-corrected chi connectivity index (χ1v) is 6.58. The van der Waals surface area contributed by atoms with Crippen molar-refractivity contribution in [2.24, 2.45) is 17.6 Å². The summed E-state index contributed by atoms with van der Waals surface area (Å²) in [5, 5.41) is 3.08. The normalized spacial score (nSPS) is 19.6. The van der Waals surface area contributed by atoms with Gasteiger partial charge in [0, 0.05) is 6.04 Å². The highest BCUT2D eigenvalue weighted by molar-refractivity contribution is 5.81. The number of carbonyl (C=O) groups excluding carboxylic acids is 1. The molecule has 1 amide bonds. The highest BCUT2D eigenvalue weighted by Crippen LogP contribution is 2.34. The Bertz CT molecular complexity index is 224. The molecule has 1 saturated carbocycles. The number of carbonyl (C=O) groups is 1. The molecule has 0 aromatic carbocycles. The molecule has 0 saturated heterocycles. The van der Waals surface area contributed by atoms with Crippen LogP contribution in [-0.4, -0.2) is 18.0 Å². The van der Waals surface area contributed by atoms with Gasteiger partial charge in [0.05, 0.1) is 6.04 Å². The van der Waals surface area contributed by atoms with E-state index in [0.29, 0.717) is 12.0 Å². The van der Waals surface area contributed by atoms with Crippen molar-refractivity contribution in [3.63, 3.8) is 0 Å². The van der Waals surface area contributed by atoms with E-state index in [-0.39, 0.29) is 11.9 Å². The van der Waals surface area contributed by atoms with Crippen LogP contribution in [0, 0.1) is 11.8 Å². The third kappa shape index (κ3) is 4.97. The molecule has 1 rings (SSSR count). The van der Waals surface area contributed by atoms with E-state index in [9.17, 15) is 4.79 Å². The standard InChI is InChI=1S/C13H26N2O/c1-4-11(8-10-5-6-10)15-13(16)12(14)7-9(2)3/h9-12H,4-8,14H2,1-3H3,(H,15,16)/t11?,12-/m0/s1. The molecule has 0 aromatic heterocycles. The zero-order chi connectivity index (χ0) is 12.1. The predicted molar refractivity (Wildman–Crippen MR) is 67.0 cm³/mol.